The molecule has 0 fully saturated rings. The molecule has 4 heteroatoms. The second-order valence-corrected chi connectivity index (χ2v) is 3.17. The van der Waals surface area contributed by atoms with Crippen molar-refractivity contribution in [2.24, 2.45) is 5.16 Å². The van der Waals surface area contributed by atoms with E-state index in [0.29, 0.717) is 6.61 Å². The molecule has 1 atom stereocenters. The van der Waals surface area contributed by atoms with E-state index in [1.54, 1.807) is 19.5 Å². The van der Waals surface area contributed by atoms with Crippen molar-refractivity contribution in [2.75, 3.05) is 13.7 Å². The first kappa shape index (κ1) is 9.15. The van der Waals surface area contributed by atoms with Crippen LogP contribution >= 0.6 is 0 Å². The Bertz CT molecular complexity index is 324. The fraction of sp³-hybridized carbons (Fsp3) is 0.400. The van der Waals surface area contributed by atoms with Gasteiger partial charge in [0, 0.05) is 31.5 Å². The summed E-state index contributed by atoms with van der Waals surface area (Å²) in [7, 11) is 1.66. The van der Waals surface area contributed by atoms with E-state index in [1.807, 2.05) is 12.1 Å². The Kier molecular flexibility index (Phi) is 2.74. The van der Waals surface area contributed by atoms with Crippen LogP contribution in [0.15, 0.2) is 29.7 Å². The van der Waals surface area contributed by atoms with Crippen LogP contribution < -0.4 is 0 Å². The van der Waals surface area contributed by atoms with Crippen LogP contribution in [-0.4, -0.2) is 30.5 Å². The van der Waals surface area contributed by atoms with Crippen molar-refractivity contribution in [2.45, 2.75) is 12.5 Å². The summed E-state index contributed by atoms with van der Waals surface area (Å²) < 4.78 is 5.00. The van der Waals surface area contributed by atoms with Crippen LogP contribution in [0.5, 0.6) is 0 Å². The van der Waals surface area contributed by atoms with Gasteiger partial charge < -0.3 is 9.57 Å². The summed E-state index contributed by atoms with van der Waals surface area (Å²) in [5, 5.41) is 4.00. The number of hydrogen-bond donors (Lipinski definition) is 0. The first-order valence-electron chi connectivity index (χ1n) is 4.52. The summed E-state index contributed by atoms with van der Waals surface area (Å²) in [6.07, 6.45) is 4.37. The van der Waals surface area contributed by atoms with Crippen LogP contribution in [0, 0.1) is 0 Å². The Morgan fingerprint density at radius 3 is 3.29 bits per heavy atom. The number of methoxy groups -OCH3 is 1. The Labute approximate surface area is 82.5 Å². The van der Waals surface area contributed by atoms with E-state index < -0.39 is 0 Å². The van der Waals surface area contributed by atoms with Gasteiger partial charge in [0.15, 0.2) is 6.10 Å². The smallest absolute Gasteiger partial charge is 0.156 e. The van der Waals surface area contributed by atoms with E-state index in [4.69, 9.17) is 9.57 Å². The first-order chi connectivity index (χ1) is 6.90. The molecule has 0 aromatic carbocycles. The van der Waals surface area contributed by atoms with Crippen molar-refractivity contribution >= 4 is 5.71 Å². The summed E-state index contributed by atoms with van der Waals surface area (Å²) >= 11 is 0. The molecular weight excluding hydrogens is 180 g/mol. The molecule has 0 saturated heterocycles. The molecule has 0 amide bonds. The average Bonchev–Trinajstić information content (AvgIpc) is 2.68. The van der Waals surface area contributed by atoms with Gasteiger partial charge in [-0.2, -0.15) is 0 Å². The molecule has 1 aromatic rings. The molecule has 1 unspecified atom stereocenters. The van der Waals surface area contributed by atoms with Gasteiger partial charge in [-0.25, -0.2) is 0 Å². The third-order valence-corrected chi connectivity index (χ3v) is 2.08. The fourth-order valence-corrected chi connectivity index (χ4v) is 1.41. The molecule has 2 heterocycles. The number of ether oxygens (including phenoxy) is 1. The van der Waals surface area contributed by atoms with Crippen LogP contribution in [0.25, 0.3) is 0 Å². The monoisotopic (exact) mass is 192 g/mol. The molecule has 1 aromatic heterocycles. The van der Waals surface area contributed by atoms with Crippen molar-refractivity contribution in [1.29, 1.82) is 0 Å². The van der Waals surface area contributed by atoms with E-state index in [0.717, 1.165) is 17.7 Å². The highest BCUT2D eigenvalue weighted by Gasteiger charge is 2.21. The molecule has 4 nitrogen and oxygen atoms in total. The van der Waals surface area contributed by atoms with Crippen LogP contribution in [0.3, 0.4) is 0 Å². The molecule has 1 aliphatic rings. The Balaban J connectivity index is 2.02. The zero-order valence-electron chi connectivity index (χ0n) is 8.01. The lowest BCUT2D eigenvalue weighted by Crippen LogP contribution is -2.14. The lowest BCUT2D eigenvalue weighted by molar-refractivity contribution is 0.0208. The molecule has 2 rings (SSSR count). The van der Waals surface area contributed by atoms with Gasteiger partial charge in [0.05, 0.1) is 12.3 Å². The topological polar surface area (TPSA) is 43.7 Å². The highest BCUT2D eigenvalue weighted by atomic mass is 16.7. The average molecular weight is 192 g/mol. The zero-order chi connectivity index (χ0) is 9.80. The van der Waals surface area contributed by atoms with Gasteiger partial charge in [-0.15, -0.1) is 0 Å². The van der Waals surface area contributed by atoms with Crippen molar-refractivity contribution in [3.05, 3.63) is 30.1 Å². The molecule has 0 spiro atoms. The number of rotatable bonds is 3. The summed E-state index contributed by atoms with van der Waals surface area (Å²) in [4.78, 5) is 9.23. The van der Waals surface area contributed by atoms with Crippen molar-refractivity contribution in [3.63, 3.8) is 0 Å². The van der Waals surface area contributed by atoms with Gasteiger partial charge in [0.1, 0.15) is 0 Å². The summed E-state index contributed by atoms with van der Waals surface area (Å²) in [6, 6.07) is 3.87. The highest BCUT2D eigenvalue weighted by Crippen LogP contribution is 2.15. The third-order valence-electron chi connectivity index (χ3n) is 2.08. The maximum absolute atomic E-state index is 5.20. The Morgan fingerprint density at radius 2 is 2.57 bits per heavy atom. The van der Waals surface area contributed by atoms with Gasteiger partial charge in [-0.1, -0.05) is 5.16 Å². The van der Waals surface area contributed by atoms with Gasteiger partial charge >= 0.3 is 0 Å². The highest BCUT2D eigenvalue weighted by molar-refractivity contribution is 6.00. The standard InChI is InChI=1S/C10H12N2O2/c1-13-7-9-5-10(12-14-9)8-3-2-4-11-6-8/h2-4,6,9H,5,7H2,1H3. The van der Waals surface area contributed by atoms with Crippen LogP contribution in [0.2, 0.25) is 0 Å². The van der Waals surface area contributed by atoms with Crippen LogP contribution in [0.1, 0.15) is 12.0 Å². The predicted octanol–water partition coefficient (Wildman–Crippen LogP) is 1.22. The number of nitrogens with zero attached hydrogens (tertiary/aromatic N) is 2. The normalized spacial score (nSPS) is 20.4. The second-order valence-electron chi connectivity index (χ2n) is 3.17. The van der Waals surface area contributed by atoms with Gasteiger partial charge in [-0.05, 0) is 12.1 Å². The zero-order valence-corrected chi connectivity index (χ0v) is 8.01. The number of pyridine rings is 1. The molecular formula is C10H12N2O2. The molecule has 0 aliphatic carbocycles. The summed E-state index contributed by atoms with van der Waals surface area (Å²) in [5.41, 5.74) is 1.96. The maximum atomic E-state index is 5.20. The quantitative estimate of drug-likeness (QED) is 0.723. The minimum Gasteiger partial charge on any atom is -0.389 e. The molecule has 14 heavy (non-hydrogen) atoms. The van der Waals surface area contributed by atoms with Gasteiger partial charge in [-0.3, -0.25) is 4.98 Å². The summed E-state index contributed by atoms with van der Waals surface area (Å²) in [6.45, 7) is 0.577. The van der Waals surface area contributed by atoms with E-state index in [-0.39, 0.29) is 6.10 Å². The molecule has 0 saturated carbocycles. The SMILES string of the molecule is COCC1CC(c2cccnc2)=NO1. The van der Waals surface area contributed by atoms with Gasteiger partial charge in [0.2, 0.25) is 0 Å². The largest absolute Gasteiger partial charge is 0.389 e. The van der Waals surface area contributed by atoms with E-state index in [2.05, 4.69) is 10.1 Å². The second kappa shape index (κ2) is 4.19. The van der Waals surface area contributed by atoms with E-state index in [9.17, 15) is 0 Å². The summed E-state index contributed by atoms with van der Waals surface area (Å²) in [5.74, 6) is 0. The molecule has 0 bridgehead atoms. The van der Waals surface area contributed by atoms with Crippen LogP contribution in [-0.2, 0) is 9.57 Å². The lowest BCUT2D eigenvalue weighted by atomic mass is 10.1. The minimum atomic E-state index is 0.0511. The predicted molar refractivity (Wildman–Crippen MR) is 52.1 cm³/mol. The van der Waals surface area contributed by atoms with Crippen LogP contribution in [0.4, 0.5) is 0 Å². The lowest BCUT2D eigenvalue weighted by Gasteiger charge is -2.04. The Hall–Kier alpha value is -1.42. The fourth-order valence-electron chi connectivity index (χ4n) is 1.41. The number of hydrogen-bond acceptors (Lipinski definition) is 4. The first-order valence-corrected chi connectivity index (χ1v) is 4.52. The number of aromatic nitrogens is 1. The Morgan fingerprint density at radius 1 is 1.64 bits per heavy atom. The maximum Gasteiger partial charge on any atom is 0.156 e. The van der Waals surface area contributed by atoms with Gasteiger partial charge in [0.25, 0.3) is 0 Å². The van der Waals surface area contributed by atoms with Crippen molar-refractivity contribution in [3.8, 4) is 0 Å². The molecule has 74 valence electrons. The van der Waals surface area contributed by atoms with Crippen molar-refractivity contribution in [1.82, 2.24) is 4.98 Å². The minimum absolute atomic E-state index is 0.0511. The number of oxime groups is 1. The van der Waals surface area contributed by atoms with E-state index >= 15 is 0 Å². The molecule has 0 N–H and O–H groups in total. The molecule has 1 aliphatic heterocycles. The van der Waals surface area contributed by atoms with E-state index in [1.165, 1.54) is 0 Å². The third kappa shape index (κ3) is 1.90. The molecule has 0 radical (unpaired) electrons. The van der Waals surface area contributed by atoms with Crippen molar-refractivity contribution < 1.29 is 9.57 Å².